The van der Waals surface area contributed by atoms with Crippen molar-refractivity contribution in [3.63, 3.8) is 0 Å². The molecule has 5 nitrogen and oxygen atoms in total. The zero-order valence-electron chi connectivity index (χ0n) is 11.8. The summed E-state index contributed by atoms with van der Waals surface area (Å²) in [7, 11) is 1.94. The Kier molecular flexibility index (Phi) is 3.84. The molecule has 5 heteroatoms. The number of hydrogen-bond donors (Lipinski definition) is 1. The third-order valence-corrected chi connectivity index (χ3v) is 4.52. The first kappa shape index (κ1) is 13.1. The van der Waals surface area contributed by atoms with Crippen molar-refractivity contribution in [1.82, 2.24) is 20.3 Å². The van der Waals surface area contributed by atoms with Crippen LogP contribution >= 0.6 is 0 Å². The molecule has 1 saturated heterocycles. The standard InChI is InChI=1S/C14H24N4O/c1-15-10-12-11-18(17-16-12)13-5-8-19-14(9-13)6-3-2-4-7-14/h11,13,15H,2-10H2,1H3. The van der Waals surface area contributed by atoms with Gasteiger partial charge in [0.2, 0.25) is 0 Å². The molecule has 1 saturated carbocycles. The van der Waals surface area contributed by atoms with Gasteiger partial charge in [0.1, 0.15) is 0 Å². The van der Waals surface area contributed by atoms with Crippen molar-refractivity contribution in [2.75, 3.05) is 13.7 Å². The third-order valence-electron chi connectivity index (χ3n) is 4.52. The molecular weight excluding hydrogens is 240 g/mol. The predicted octanol–water partition coefficient (Wildman–Crippen LogP) is 2.05. The SMILES string of the molecule is CNCc1cn(C2CCOC3(CCCCC3)C2)nn1. The van der Waals surface area contributed by atoms with Crippen LogP contribution in [0.5, 0.6) is 0 Å². The van der Waals surface area contributed by atoms with E-state index in [9.17, 15) is 0 Å². The Balaban J connectivity index is 1.69. The second kappa shape index (κ2) is 5.59. The van der Waals surface area contributed by atoms with Gasteiger partial charge in [0.05, 0.1) is 23.5 Å². The molecule has 3 rings (SSSR count). The van der Waals surface area contributed by atoms with Gasteiger partial charge in [0.25, 0.3) is 0 Å². The van der Waals surface area contributed by atoms with Gasteiger partial charge in [-0.2, -0.15) is 0 Å². The Morgan fingerprint density at radius 1 is 1.42 bits per heavy atom. The smallest absolute Gasteiger partial charge is 0.0964 e. The molecule has 1 aliphatic carbocycles. The summed E-state index contributed by atoms with van der Waals surface area (Å²) in [5.41, 5.74) is 1.16. The van der Waals surface area contributed by atoms with Gasteiger partial charge in [-0.3, -0.25) is 0 Å². The Hall–Kier alpha value is -0.940. The highest BCUT2D eigenvalue weighted by atomic mass is 16.5. The van der Waals surface area contributed by atoms with Crippen LogP contribution in [-0.4, -0.2) is 34.2 Å². The van der Waals surface area contributed by atoms with Crippen LogP contribution in [-0.2, 0) is 11.3 Å². The molecule has 1 spiro atoms. The molecule has 2 fully saturated rings. The summed E-state index contributed by atoms with van der Waals surface area (Å²) in [5, 5.41) is 11.6. The average Bonchev–Trinajstić information content (AvgIpc) is 2.89. The monoisotopic (exact) mass is 264 g/mol. The molecule has 0 amide bonds. The lowest BCUT2D eigenvalue weighted by molar-refractivity contribution is -0.115. The Labute approximate surface area is 114 Å². The highest BCUT2D eigenvalue weighted by Gasteiger charge is 2.39. The lowest BCUT2D eigenvalue weighted by atomic mass is 9.78. The van der Waals surface area contributed by atoms with Gasteiger partial charge in [-0.25, -0.2) is 4.68 Å². The Morgan fingerprint density at radius 2 is 2.26 bits per heavy atom. The fraction of sp³-hybridized carbons (Fsp3) is 0.857. The van der Waals surface area contributed by atoms with Crippen molar-refractivity contribution in [3.05, 3.63) is 11.9 Å². The molecule has 2 heterocycles. The lowest BCUT2D eigenvalue weighted by Crippen LogP contribution is -2.42. The normalized spacial score (nSPS) is 26.7. The van der Waals surface area contributed by atoms with Gasteiger partial charge < -0.3 is 10.1 Å². The minimum Gasteiger partial charge on any atom is -0.375 e. The molecular formula is C14H24N4O. The maximum atomic E-state index is 6.14. The summed E-state index contributed by atoms with van der Waals surface area (Å²) in [6.07, 6.45) is 10.7. The zero-order chi connectivity index (χ0) is 13.1. The van der Waals surface area contributed by atoms with E-state index in [2.05, 4.69) is 26.5 Å². The van der Waals surface area contributed by atoms with E-state index in [4.69, 9.17) is 4.74 Å². The molecule has 106 valence electrons. The molecule has 1 atom stereocenters. The number of aromatic nitrogens is 3. The summed E-state index contributed by atoms with van der Waals surface area (Å²) in [6, 6.07) is 0.463. The van der Waals surface area contributed by atoms with Crippen molar-refractivity contribution in [3.8, 4) is 0 Å². The van der Waals surface area contributed by atoms with Crippen LogP contribution in [0, 0.1) is 0 Å². The van der Waals surface area contributed by atoms with Gasteiger partial charge in [0, 0.05) is 13.2 Å². The van der Waals surface area contributed by atoms with E-state index >= 15 is 0 Å². The van der Waals surface area contributed by atoms with E-state index in [1.54, 1.807) is 0 Å². The van der Waals surface area contributed by atoms with E-state index in [1.165, 1.54) is 32.1 Å². The van der Waals surface area contributed by atoms with E-state index < -0.39 is 0 Å². The van der Waals surface area contributed by atoms with E-state index in [0.717, 1.165) is 31.7 Å². The number of nitrogens with zero attached hydrogens (tertiary/aromatic N) is 3. The van der Waals surface area contributed by atoms with Crippen LogP contribution in [0.1, 0.15) is 56.7 Å². The number of nitrogens with one attached hydrogen (secondary N) is 1. The first-order valence-electron chi connectivity index (χ1n) is 7.51. The topological polar surface area (TPSA) is 52.0 Å². The highest BCUT2D eigenvalue weighted by molar-refractivity contribution is 4.96. The van der Waals surface area contributed by atoms with Gasteiger partial charge in [-0.05, 0) is 32.7 Å². The van der Waals surface area contributed by atoms with Crippen LogP contribution in [0.25, 0.3) is 0 Å². The summed E-state index contributed by atoms with van der Waals surface area (Å²) in [6.45, 7) is 1.65. The van der Waals surface area contributed by atoms with Gasteiger partial charge in [0.15, 0.2) is 0 Å². The van der Waals surface area contributed by atoms with Crippen molar-refractivity contribution in [2.45, 2.75) is 63.1 Å². The molecule has 0 aromatic carbocycles. The highest BCUT2D eigenvalue weighted by Crippen LogP contribution is 2.41. The minimum absolute atomic E-state index is 0.135. The van der Waals surface area contributed by atoms with Crippen molar-refractivity contribution in [1.29, 1.82) is 0 Å². The third kappa shape index (κ3) is 2.82. The fourth-order valence-electron chi connectivity index (χ4n) is 3.53. The minimum atomic E-state index is 0.135. The predicted molar refractivity (Wildman–Crippen MR) is 72.8 cm³/mol. The summed E-state index contributed by atoms with van der Waals surface area (Å²) in [4.78, 5) is 0. The Morgan fingerprint density at radius 3 is 3.05 bits per heavy atom. The molecule has 1 aromatic rings. The van der Waals surface area contributed by atoms with Crippen LogP contribution in [0.3, 0.4) is 0 Å². The molecule has 19 heavy (non-hydrogen) atoms. The first-order valence-corrected chi connectivity index (χ1v) is 7.51. The van der Waals surface area contributed by atoms with Crippen LogP contribution < -0.4 is 5.32 Å². The van der Waals surface area contributed by atoms with Crippen LogP contribution in [0.15, 0.2) is 6.20 Å². The largest absolute Gasteiger partial charge is 0.375 e. The number of hydrogen-bond acceptors (Lipinski definition) is 4. The van der Waals surface area contributed by atoms with Crippen LogP contribution in [0.2, 0.25) is 0 Å². The lowest BCUT2D eigenvalue weighted by Gasteiger charge is -2.43. The van der Waals surface area contributed by atoms with Gasteiger partial charge in [-0.1, -0.05) is 24.5 Å². The van der Waals surface area contributed by atoms with E-state index in [1.807, 2.05) is 7.05 Å². The number of rotatable bonds is 3. The van der Waals surface area contributed by atoms with Crippen molar-refractivity contribution in [2.24, 2.45) is 0 Å². The molecule has 0 bridgehead atoms. The number of ether oxygens (including phenoxy) is 1. The first-order chi connectivity index (χ1) is 9.31. The molecule has 1 unspecified atom stereocenters. The van der Waals surface area contributed by atoms with Gasteiger partial charge >= 0.3 is 0 Å². The summed E-state index contributed by atoms with van der Waals surface area (Å²) >= 11 is 0. The van der Waals surface area contributed by atoms with Crippen LogP contribution in [0.4, 0.5) is 0 Å². The summed E-state index contributed by atoms with van der Waals surface area (Å²) < 4.78 is 8.20. The second-order valence-corrected chi connectivity index (χ2v) is 5.96. The van der Waals surface area contributed by atoms with E-state index in [-0.39, 0.29) is 5.60 Å². The van der Waals surface area contributed by atoms with Crippen molar-refractivity contribution >= 4 is 0 Å². The second-order valence-electron chi connectivity index (χ2n) is 5.96. The molecule has 1 N–H and O–H groups in total. The maximum Gasteiger partial charge on any atom is 0.0964 e. The quantitative estimate of drug-likeness (QED) is 0.908. The molecule has 1 aliphatic heterocycles. The molecule has 2 aliphatic rings. The maximum absolute atomic E-state index is 6.14. The van der Waals surface area contributed by atoms with E-state index in [0.29, 0.717) is 6.04 Å². The zero-order valence-corrected chi connectivity index (χ0v) is 11.8. The van der Waals surface area contributed by atoms with Gasteiger partial charge in [-0.15, -0.1) is 5.10 Å². The summed E-state index contributed by atoms with van der Waals surface area (Å²) in [5.74, 6) is 0. The average molecular weight is 264 g/mol. The Bertz CT molecular complexity index is 406. The van der Waals surface area contributed by atoms with Crippen molar-refractivity contribution < 1.29 is 4.74 Å². The fourth-order valence-corrected chi connectivity index (χ4v) is 3.53. The molecule has 1 aromatic heterocycles. The molecule has 0 radical (unpaired) electrons.